The van der Waals surface area contributed by atoms with Crippen molar-refractivity contribution in [1.29, 1.82) is 0 Å². The summed E-state index contributed by atoms with van der Waals surface area (Å²) in [6.07, 6.45) is 5.93. The Labute approximate surface area is 210 Å². The molecule has 6 rings (SSSR count). The van der Waals surface area contributed by atoms with E-state index < -0.39 is 0 Å². The van der Waals surface area contributed by atoms with E-state index >= 15 is 0 Å². The highest BCUT2D eigenvalue weighted by atomic mass is 16.5. The number of benzene rings is 1. The van der Waals surface area contributed by atoms with Crippen molar-refractivity contribution in [3.05, 3.63) is 76.4 Å². The molecule has 1 fully saturated rings. The van der Waals surface area contributed by atoms with E-state index in [0.717, 1.165) is 58.0 Å². The SMILES string of the molecule is C[C@@H]1CN(Cc2cccc(C(=O)Nc3cc(-c4cnc5c(c4)C=NC5)cc4c3C=NC4)n2)C[C@H](C)O1. The van der Waals surface area contributed by atoms with Crippen LogP contribution in [0.2, 0.25) is 0 Å². The molecule has 3 aromatic rings. The highest BCUT2D eigenvalue weighted by Crippen LogP contribution is 2.32. The number of carbonyl (C=O) groups excluding carboxylic acids is 1. The van der Waals surface area contributed by atoms with Gasteiger partial charge >= 0.3 is 0 Å². The van der Waals surface area contributed by atoms with Gasteiger partial charge in [-0.05, 0) is 55.3 Å². The molecule has 3 aliphatic rings. The van der Waals surface area contributed by atoms with Crippen molar-refractivity contribution in [2.45, 2.75) is 45.7 Å². The van der Waals surface area contributed by atoms with Crippen LogP contribution in [0.25, 0.3) is 11.1 Å². The molecule has 0 bridgehead atoms. The highest BCUT2D eigenvalue weighted by molar-refractivity contribution is 6.07. The molecule has 0 spiro atoms. The molecule has 1 amide bonds. The van der Waals surface area contributed by atoms with Crippen molar-refractivity contribution in [1.82, 2.24) is 14.9 Å². The average molecular weight is 481 g/mol. The standard InChI is InChI=1S/C28H28N6O2/c1-17-14-34(15-18(2)36-17)16-23-4-3-5-25(32-23)28(35)33-26-8-19(6-21-9-29-12-24(21)26)20-7-22-10-30-13-27(22)31-11-20/h3-8,10-12,17-18H,9,13-16H2,1-2H3,(H,33,35)/t17-,18+. The smallest absolute Gasteiger partial charge is 0.274 e. The van der Waals surface area contributed by atoms with E-state index in [4.69, 9.17) is 4.74 Å². The lowest BCUT2D eigenvalue weighted by molar-refractivity contribution is -0.0707. The van der Waals surface area contributed by atoms with Crippen LogP contribution in [0.4, 0.5) is 5.69 Å². The normalized spacial score (nSPS) is 20.4. The van der Waals surface area contributed by atoms with E-state index in [1.54, 1.807) is 6.07 Å². The van der Waals surface area contributed by atoms with Crippen LogP contribution in [-0.2, 0) is 24.4 Å². The number of aromatic nitrogens is 2. The van der Waals surface area contributed by atoms with Crippen molar-refractivity contribution < 1.29 is 9.53 Å². The maximum Gasteiger partial charge on any atom is 0.274 e. The molecule has 8 nitrogen and oxygen atoms in total. The maximum absolute atomic E-state index is 13.3. The van der Waals surface area contributed by atoms with E-state index in [2.05, 4.69) is 56.1 Å². The van der Waals surface area contributed by atoms with Gasteiger partial charge in [-0.2, -0.15) is 0 Å². The molecule has 1 saturated heterocycles. The summed E-state index contributed by atoms with van der Waals surface area (Å²) in [5.74, 6) is -0.237. The Balaban J connectivity index is 1.24. The first kappa shape index (κ1) is 22.7. The second kappa shape index (κ2) is 9.37. The predicted octanol–water partition coefficient (Wildman–Crippen LogP) is 3.87. The van der Waals surface area contributed by atoms with Crippen LogP contribution in [0.15, 0.2) is 52.6 Å². The number of fused-ring (bicyclic) bond motifs is 2. The fourth-order valence-corrected chi connectivity index (χ4v) is 5.17. The Kier molecular flexibility index (Phi) is 5.91. The van der Waals surface area contributed by atoms with Gasteiger partial charge in [0, 0.05) is 55.0 Å². The van der Waals surface area contributed by atoms with E-state index in [9.17, 15) is 4.79 Å². The number of carbonyl (C=O) groups is 1. The van der Waals surface area contributed by atoms with Crippen molar-refractivity contribution in [3.8, 4) is 11.1 Å². The van der Waals surface area contributed by atoms with Crippen molar-refractivity contribution in [2.24, 2.45) is 9.98 Å². The molecule has 3 aliphatic heterocycles. The fraction of sp³-hybridized carbons (Fsp3) is 0.321. The summed E-state index contributed by atoms with van der Waals surface area (Å²) in [6, 6.07) is 11.8. The topological polar surface area (TPSA) is 92.1 Å². The Bertz CT molecular complexity index is 1390. The first-order chi connectivity index (χ1) is 17.5. The summed E-state index contributed by atoms with van der Waals surface area (Å²) in [5, 5.41) is 3.09. The first-order valence-electron chi connectivity index (χ1n) is 12.3. The van der Waals surface area contributed by atoms with Crippen molar-refractivity contribution >= 4 is 24.0 Å². The third-order valence-electron chi connectivity index (χ3n) is 6.72. The molecule has 2 atom stereocenters. The van der Waals surface area contributed by atoms with Gasteiger partial charge in [-0.1, -0.05) is 6.07 Å². The van der Waals surface area contributed by atoms with Crippen LogP contribution in [0.3, 0.4) is 0 Å². The van der Waals surface area contributed by atoms with E-state index in [1.807, 2.05) is 36.8 Å². The summed E-state index contributed by atoms with van der Waals surface area (Å²) in [4.78, 5) is 33.6. The second-order valence-corrected chi connectivity index (χ2v) is 9.72. The Hall–Kier alpha value is -3.75. The number of amides is 1. The summed E-state index contributed by atoms with van der Waals surface area (Å²) in [6.45, 7) is 7.78. The van der Waals surface area contributed by atoms with Crippen LogP contribution < -0.4 is 5.32 Å². The van der Waals surface area contributed by atoms with Gasteiger partial charge in [-0.25, -0.2) is 4.98 Å². The van der Waals surface area contributed by atoms with Crippen molar-refractivity contribution in [2.75, 3.05) is 18.4 Å². The number of nitrogens with one attached hydrogen (secondary N) is 1. The van der Waals surface area contributed by atoms with Crippen LogP contribution in [0.1, 0.15) is 52.4 Å². The zero-order valence-electron chi connectivity index (χ0n) is 20.4. The third kappa shape index (κ3) is 4.57. The highest BCUT2D eigenvalue weighted by Gasteiger charge is 2.23. The predicted molar refractivity (Wildman–Crippen MR) is 140 cm³/mol. The van der Waals surface area contributed by atoms with Crippen LogP contribution in [0, 0.1) is 0 Å². The summed E-state index contributed by atoms with van der Waals surface area (Å²) in [7, 11) is 0. The van der Waals surface area contributed by atoms with Gasteiger partial charge in [0.2, 0.25) is 0 Å². The van der Waals surface area contributed by atoms with Gasteiger partial charge in [0.25, 0.3) is 5.91 Å². The summed E-state index contributed by atoms with van der Waals surface area (Å²) < 4.78 is 5.84. The minimum atomic E-state index is -0.237. The minimum Gasteiger partial charge on any atom is -0.373 e. The molecule has 5 heterocycles. The maximum atomic E-state index is 13.3. The lowest BCUT2D eigenvalue weighted by atomic mass is 9.98. The molecular formula is C28H28N6O2. The molecular weight excluding hydrogens is 452 g/mol. The molecule has 2 aromatic heterocycles. The average Bonchev–Trinajstić information content (AvgIpc) is 3.52. The van der Waals surface area contributed by atoms with Gasteiger partial charge < -0.3 is 10.1 Å². The van der Waals surface area contributed by atoms with Gasteiger partial charge in [-0.15, -0.1) is 0 Å². The third-order valence-corrected chi connectivity index (χ3v) is 6.72. The number of rotatable bonds is 5. The minimum absolute atomic E-state index is 0.185. The number of hydrogen-bond donors (Lipinski definition) is 1. The molecule has 1 aromatic carbocycles. The number of morpholine rings is 1. The largest absolute Gasteiger partial charge is 0.373 e. The van der Waals surface area contributed by atoms with Crippen LogP contribution in [0.5, 0.6) is 0 Å². The molecule has 0 aliphatic carbocycles. The number of pyridine rings is 2. The molecule has 36 heavy (non-hydrogen) atoms. The second-order valence-electron chi connectivity index (χ2n) is 9.72. The van der Waals surface area contributed by atoms with Crippen LogP contribution in [-0.4, -0.2) is 58.5 Å². The molecule has 0 unspecified atom stereocenters. The molecule has 0 radical (unpaired) electrons. The first-order valence-corrected chi connectivity index (χ1v) is 12.3. The van der Waals surface area contributed by atoms with Gasteiger partial charge in [-0.3, -0.25) is 24.7 Å². The van der Waals surface area contributed by atoms with E-state index in [-0.39, 0.29) is 18.1 Å². The van der Waals surface area contributed by atoms with Crippen LogP contribution >= 0.6 is 0 Å². The monoisotopic (exact) mass is 480 g/mol. The zero-order valence-corrected chi connectivity index (χ0v) is 20.4. The zero-order chi connectivity index (χ0) is 24.6. The summed E-state index contributed by atoms with van der Waals surface area (Å²) in [5.41, 5.74) is 8.02. The molecule has 1 N–H and O–H groups in total. The van der Waals surface area contributed by atoms with Gasteiger partial charge in [0.15, 0.2) is 0 Å². The fourth-order valence-electron chi connectivity index (χ4n) is 5.17. The number of anilines is 1. The molecule has 182 valence electrons. The van der Waals surface area contributed by atoms with Gasteiger partial charge in [0.1, 0.15) is 5.69 Å². The summed E-state index contributed by atoms with van der Waals surface area (Å²) >= 11 is 0. The van der Waals surface area contributed by atoms with E-state index in [1.165, 1.54) is 0 Å². The lowest BCUT2D eigenvalue weighted by Crippen LogP contribution is -2.45. The Morgan fingerprint density at radius 2 is 1.89 bits per heavy atom. The number of ether oxygens (including phenoxy) is 1. The lowest BCUT2D eigenvalue weighted by Gasteiger charge is -2.35. The Morgan fingerprint density at radius 3 is 2.75 bits per heavy atom. The quantitative estimate of drug-likeness (QED) is 0.599. The number of aliphatic imine (C=N–C) groups is 2. The molecule has 8 heteroatoms. The number of nitrogens with zero attached hydrogens (tertiary/aromatic N) is 5. The van der Waals surface area contributed by atoms with E-state index in [0.29, 0.717) is 25.3 Å². The Morgan fingerprint density at radius 1 is 1.06 bits per heavy atom. The molecule has 0 saturated carbocycles. The van der Waals surface area contributed by atoms with Crippen molar-refractivity contribution in [3.63, 3.8) is 0 Å². The number of hydrogen-bond acceptors (Lipinski definition) is 7. The van der Waals surface area contributed by atoms with Gasteiger partial charge in [0.05, 0.1) is 42.4 Å².